The molecule has 1 aliphatic rings. The fraction of sp³-hybridized carbons (Fsp3) is 0.409. The average Bonchev–Trinajstić information content (AvgIpc) is 2.69. The van der Waals surface area contributed by atoms with Crippen molar-refractivity contribution in [3.8, 4) is 5.75 Å². The normalized spacial score (nSPS) is 19.7. The van der Waals surface area contributed by atoms with Crippen LogP contribution in [0.4, 0.5) is 0 Å². The van der Waals surface area contributed by atoms with Gasteiger partial charge in [0.2, 0.25) is 0 Å². The number of esters is 1. The number of carbonyl (C=O) groups is 1. The smallest absolute Gasteiger partial charge is 0.314 e. The first-order chi connectivity index (χ1) is 12.7. The zero-order valence-electron chi connectivity index (χ0n) is 15.4. The first-order valence-electron chi connectivity index (χ1n) is 9.50. The van der Waals surface area contributed by atoms with E-state index in [0.717, 1.165) is 38.2 Å². The number of hydrogen-bond donors (Lipinski definition) is 1. The van der Waals surface area contributed by atoms with Crippen LogP contribution in [0.25, 0.3) is 0 Å². The van der Waals surface area contributed by atoms with Crippen molar-refractivity contribution in [3.63, 3.8) is 0 Å². The molecule has 2 atom stereocenters. The second-order valence-electron chi connectivity index (χ2n) is 6.89. The maximum absolute atomic E-state index is 12.0. The van der Waals surface area contributed by atoms with Crippen LogP contribution in [0.3, 0.4) is 0 Å². The summed E-state index contributed by atoms with van der Waals surface area (Å²) in [6, 6.07) is 18.5. The average molecular weight is 354 g/mol. The van der Waals surface area contributed by atoms with Crippen molar-refractivity contribution < 1.29 is 19.2 Å². The molecule has 0 saturated carbocycles. The molecule has 1 heterocycles. The highest BCUT2D eigenvalue weighted by Gasteiger charge is 2.29. The van der Waals surface area contributed by atoms with Crippen LogP contribution >= 0.6 is 0 Å². The molecule has 2 aromatic carbocycles. The molecule has 4 heteroatoms. The lowest BCUT2D eigenvalue weighted by atomic mass is 9.98. The number of rotatable bonds is 7. The van der Waals surface area contributed by atoms with Crippen LogP contribution in [0.15, 0.2) is 54.6 Å². The molecule has 0 aromatic heterocycles. The minimum atomic E-state index is -0.0330. The van der Waals surface area contributed by atoms with Gasteiger partial charge < -0.3 is 14.4 Å². The first-order valence-corrected chi connectivity index (χ1v) is 9.50. The summed E-state index contributed by atoms with van der Waals surface area (Å²) in [5.74, 6) is 0.900. The van der Waals surface area contributed by atoms with Crippen molar-refractivity contribution in [1.29, 1.82) is 0 Å². The number of nitrogens with one attached hydrogen (secondary N) is 1. The Labute approximate surface area is 155 Å². The van der Waals surface area contributed by atoms with Crippen LogP contribution in [-0.2, 0) is 22.7 Å². The number of benzene rings is 2. The summed E-state index contributed by atoms with van der Waals surface area (Å²) < 4.78 is 11.0. The SMILES string of the molecule is CCOC(=O)[C@@H]1CCC[NH+](Cc2ccc(OCc3ccccc3)cc2)C1. The Kier molecular flexibility index (Phi) is 6.67. The lowest BCUT2D eigenvalue weighted by molar-refractivity contribution is -0.921. The minimum Gasteiger partial charge on any atom is -0.489 e. The van der Waals surface area contributed by atoms with Gasteiger partial charge in [0.25, 0.3) is 0 Å². The Bertz CT molecular complexity index is 684. The van der Waals surface area contributed by atoms with Crippen molar-refractivity contribution in [3.05, 3.63) is 65.7 Å². The molecule has 138 valence electrons. The molecular formula is C22H28NO3+. The number of likely N-dealkylation sites (tertiary alicyclic amines) is 1. The summed E-state index contributed by atoms with van der Waals surface area (Å²) in [5, 5.41) is 0. The molecule has 1 aliphatic heterocycles. The zero-order valence-corrected chi connectivity index (χ0v) is 15.4. The number of quaternary nitrogens is 1. The van der Waals surface area contributed by atoms with Gasteiger partial charge in [0.1, 0.15) is 24.8 Å². The molecule has 2 aromatic rings. The molecule has 0 aliphatic carbocycles. The molecule has 0 amide bonds. The summed E-state index contributed by atoms with van der Waals surface area (Å²) in [6.45, 7) is 5.84. The van der Waals surface area contributed by atoms with Gasteiger partial charge in [0.15, 0.2) is 0 Å². The van der Waals surface area contributed by atoms with Crippen molar-refractivity contribution in [2.75, 3.05) is 19.7 Å². The van der Waals surface area contributed by atoms with E-state index in [0.29, 0.717) is 13.2 Å². The molecule has 3 rings (SSSR count). The van der Waals surface area contributed by atoms with Gasteiger partial charge in [0.05, 0.1) is 19.7 Å². The third-order valence-electron chi connectivity index (χ3n) is 4.86. The Morgan fingerprint density at radius 3 is 2.58 bits per heavy atom. The van der Waals surface area contributed by atoms with E-state index in [4.69, 9.17) is 9.47 Å². The second kappa shape index (κ2) is 9.39. The predicted octanol–water partition coefficient (Wildman–Crippen LogP) is 2.62. The summed E-state index contributed by atoms with van der Waals surface area (Å²) in [5.41, 5.74) is 2.44. The van der Waals surface area contributed by atoms with E-state index in [9.17, 15) is 4.79 Å². The summed E-state index contributed by atoms with van der Waals surface area (Å²) in [6.07, 6.45) is 2.03. The van der Waals surface area contributed by atoms with Gasteiger partial charge >= 0.3 is 5.97 Å². The minimum absolute atomic E-state index is 0.0330. The number of carbonyl (C=O) groups excluding carboxylic acids is 1. The largest absolute Gasteiger partial charge is 0.489 e. The fourth-order valence-corrected chi connectivity index (χ4v) is 3.51. The lowest BCUT2D eigenvalue weighted by Gasteiger charge is -2.28. The van der Waals surface area contributed by atoms with E-state index >= 15 is 0 Å². The Morgan fingerprint density at radius 2 is 1.85 bits per heavy atom. The van der Waals surface area contributed by atoms with E-state index < -0.39 is 0 Å². The Balaban J connectivity index is 1.50. The van der Waals surface area contributed by atoms with Gasteiger partial charge in [0, 0.05) is 5.56 Å². The van der Waals surface area contributed by atoms with Crippen LogP contribution in [0.2, 0.25) is 0 Å². The molecule has 1 fully saturated rings. The molecule has 0 spiro atoms. The zero-order chi connectivity index (χ0) is 18.2. The molecule has 1 N–H and O–H groups in total. The van der Waals surface area contributed by atoms with Gasteiger partial charge in [-0.1, -0.05) is 30.3 Å². The van der Waals surface area contributed by atoms with Crippen LogP contribution in [-0.4, -0.2) is 25.7 Å². The standard InChI is InChI=1S/C22H27NO3/c1-2-25-22(24)20-9-6-14-23(16-20)15-18-10-12-21(13-11-18)26-17-19-7-4-3-5-8-19/h3-5,7-8,10-13,20H,2,6,9,14-17H2,1H3/p+1/t20-/m1/s1. The summed E-state index contributed by atoms with van der Waals surface area (Å²) in [7, 11) is 0. The van der Waals surface area contributed by atoms with Crippen molar-refractivity contribution in [2.24, 2.45) is 5.92 Å². The van der Waals surface area contributed by atoms with Gasteiger partial charge in [-0.3, -0.25) is 4.79 Å². The van der Waals surface area contributed by atoms with Gasteiger partial charge in [-0.15, -0.1) is 0 Å². The molecule has 0 bridgehead atoms. The first kappa shape index (κ1) is 18.5. The van der Waals surface area contributed by atoms with Crippen molar-refractivity contribution in [2.45, 2.75) is 32.9 Å². The number of ether oxygens (including phenoxy) is 2. The monoisotopic (exact) mass is 354 g/mol. The van der Waals surface area contributed by atoms with Crippen molar-refractivity contribution >= 4 is 5.97 Å². The quantitative estimate of drug-likeness (QED) is 0.777. The summed E-state index contributed by atoms with van der Waals surface area (Å²) >= 11 is 0. The van der Waals surface area contributed by atoms with E-state index in [2.05, 4.69) is 24.3 Å². The maximum Gasteiger partial charge on any atom is 0.314 e. The molecule has 1 unspecified atom stereocenters. The highest BCUT2D eigenvalue weighted by Crippen LogP contribution is 2.15. The number of hydrogen-bond acceptors (Lipinski definition) is 3. The topological polar surface area (TPSA) is 40.0 Å². The highest BCUT2D eigenvalue weighted by molar-refractivity contribution is 5.72. The third-order valence-corrected chi connectivity index (χ3v) is 4.86. The van der Waals surface area contributed by atoms with Crippen LogP contribution in [0.1, 0.15) is 30.9 Å². The van der Waals surface area contributed by atoms with Gasteiger partial charge in [-0.2, -0.15) is 0 Å². The molecule has 26 heavy (non-hydrogen) atoms. The summed E-state index contributed by atoms with van der Waals surface area (Å²) in [4.78, 5) is 13.4. The van der Waals surface area contributed by atoms with E-state index in [1.807, 2.05) is 37.3 Å². The van der Waals surface area contributed by atoms with Gasteiger partial charge in [-0.25, -0.2) is 0 Å². The fourth-order valence-electron chi connectivity index (χ4n) is 3.51. The van der Waals surface area contributed by atoms with E-state index in [1.54, 1.807) is 0 Å². The van der Waals surface area contributed by atoms with Crippen LogP contribution < -0.4 is 9.64 Å². The second-order valence-corrected chi connectivity index (χ2v) is 6.89. The Hall–Kier alpha value is -2.33. The van der Waals surface area contributed by atoms with E-state index in [-0.39, 0.29) is 11.9 Å². The van der Waals surface area contributed by atoms with Gasteiger partial charge in [-0.05, 0) is 49.6 Å². The van der Waals surface area contributed by atoms with Crippen molar-refractivity contribution in [1.82, 2.24) is 0 Å². The molecule has 1 saturated heterocycles. The van der Waals surface area contributed by atoms with Crippen LogP contribution in [0, 0.1) is 5.92 Å². The van der Waals surface area contributed by atoms with Crippen LogP contribution in [0.5, 0.6) is 5.75 Å². The number of piperidine rings is 1. The predicted molar refractivity (Wildman–Crippen MR) is 101 cm³/mol. The highest BCUT2D eigenvalue weighted by atomic mass is 16.5. The molecule has 0 radical (unpaired) electrons. The molecule has 4 nitrogen and oxygen atoms in total. The Morgan fingerprint density at radius 1 is 1.08 bits per heavy atom. The molecular weight excluding hydrogens is 326 g/mol. The van der Waals surface area contributed by atoms with E-state index in [1.165, 1.54) is 16.0 Å². The lowest BCUT2D eigenvalue weighted by Crippen LogP contribution is -3.12. The third kappa shape index (κ3) is 5.33. The maximum atomic E-state index is 12.0.